The Morgan fingerprint density at radius 3 is 2.62 bits per heavy atom. The summed E-state index contributed by atoms with van der Waals surface area (Å²) in [7, 11) is 1.79. The molecule has 4 nitrogen and oxygen atoms in total. The summed E-state index contributed by atoms with van der Waals surface area (Å²) in [6.07, 6.45) is 5.72. The summed E-state index contributed by atoms with van der Waals surface area (Å²) in [5.41, 5.74) is 4.50. The molecule has 0 saturated heterocycles. The summed E-state index contributed by atoms with van der Waals surface area (Å²) in [5.74, 6) is 0. The van der Waals surface area contributed by atoms with E-state index in [1.54, 1.807) is 22.4 Å². The number of benzene rings is 1. The molecular formula is C17H17N3O. The third kappa shape index (κ3) is 2.09. The van der Waals surface area contributed by atoms with E-state index in [4.69, 9.17) is 0 Å². The summed E-state index contributed by atoms with van der Waals surface area (Å²) < 4.78 is 3.36. The van der Waals surface area contributed by atoms with Crippen molar-refractivity contribution >= 4 is 17.1 Å². The van der Waals surface area contributed by atoms with Crippen LogP contribution in [0.3, 0.4) is 0 Å². The second-order valence-corrected chi connectivity index (χ2v) is 5.03. The first-order valence-corrected chi connectivity index (χ1v) is 6.89. The Morgan fingerprint density at radius 1 is 1.19 bits per heavy atom. The summed E-state index contributed by atoms with van der Waals surface area (Å²) >= 11 is 0. The number of para-hydroxylation sites is 2. The molecule has 0 aliphatic carbocycles. The minimum absolute atomic E-state index is 0.0618. The molecule has 0 saturated carbocycles. The minimum atomic E-state index is -0.0618. The fraction of sp³-hybridized carbons (Fsp3) is 0.176. The van der Waals surface area contributed by atoms with Gasteiger partial charge in [-0.2, -0.15) is 0 Å². The van der Waals surface area contributed by atoms with Gasteiger partial charge in [0.15, 0.2) is 0 Å². The van der Waals surface area contributed by atoms with E-state index in [9.17, 15) is 4.79 Å². The monoisotopic (exact) mass is 279 g/mol. The van der Waals surface area contributed by atoms with Gasteiger partial charge in [0.1, 0.15) is 0 Å². The first-order valence-electron chi connectivity index (χ1n) is 6.89. The first-order chi connectivity index (χ1) is 10.1. The Kier molecular flexibility index (Phi) is 3.22. The lowest BCUT2D eigenvalue weighted by Gasteiger charge is -2.06. The smallest absolute Gasteiger partial charge is 0.295 e. The Morgan fingerprint density at radius 2 is 1.90 bits per heavy atom. The van der Waals surface area contributed by atoms with Crippen molar-refractivity contribution in [3.63, 3.8) is 0 Å². The van der Waals surface area contributed by atoms with Crippen molar-refractivity contribution in [3.05, 3.63) is 64.3 Å². The number of allylic oxidation sites excluding steroid dienone is 1. The molecule has 0 N–H and O–H groups in total. The molecule has 0 radical (unpaired) electrons. The predicted octanol–water partition coefficient (Wildman–Crippen LogP) is 3.07. The van der Waals surface area contributed by atoms with Crippen LogP contribution in [-0.2, 0) is 7.05 Å². The molecule has 21 heavy (non-hydrogen) atoms. The van der Waals surface area contributed by atoms with Crippen LogP contribution in [0.5, 0.6) is 0 Å². The molecular weight excluding hydrogens is 262 g/mol. The van der Waals surface area contributed by atoms with Gasteiger partial charge in [-0.15, -0.1) is 0 Å². The highest BCUT2D eigenvalue weighted by Crippen LogP contribution is 2.18. The quantitative estimate of drug-likeness (QED) is 0.723. The predicted molar refractivity (Wildman–Crippen MR) is 85.8 cm³/mol. The maximum Gasteiger partial charge on any atom is 0.333 e. The summed E-state index contributed by atoms with van der Waals surface area (Å²) in [5, 5.41) is 0. The average molecular weight is 279 g/mol. The molecule has 0 spiro atoms. The molecule has 2 heterocycles. The van der Waals surface area contributed by atoms with Gasteiger partial charge in [0.05, 0.1) is 22.9 Å². The number of rotatable bonds is 2. The SMILES string of the molecule is C/C=C\c1cc(-n2c(=O)n(C)c3ccccc32)cnc1C. The van der Waals surface area contributed by atoms with E-state index < -0.39 is 0 Å². The van der Waals surface area contributed by atoms with Gasteiger partial charge in [-0.05, 0) is 37.6 Å². The zero-order valence-corrected chi connectivity index (χ0v) is 12.4. The Labute approximate surface area is 123 Å². The Bertz CT molecular complexity index is 900. The molecule has 3 aromatic rings. The summed E-state index contributed by atoms with van der Waals surface area (Å²) in [6.45, 7) is 3.93. The van der Waals surface area contributed by atoms with Gasteiger partial charge in [0.2, 0.25) is 0 Å². The van der Waals surface area contributed by atoms with Gasteiger partial charge in [0, 0.05) is 12.7 Å². The van der Waals surface area contributed by atoms with Crippen LogP contribution in [0.4, 0.5) is 0 Å². The van der Waals surface area contributed by atoms with Crippen LogP contribution in [0.1, 0.15) is 18.2 Å². The van der Waals surface area contributed by atoms with Crippen molar-refractivity contribution in [2.24, 2.45) is 7.05 Å². The van der Waals surface area contributed by atoms with Gasteiger partial charge >= 0.3 is 5.69 Å². The maximum atomic E-state index is 12.5. The van der Waals surface area contributed by atoms with Crippen LogP contribution in [0.2, 0.25) is 0 Å². The highest BCUT2D eigenvalue weighted by molar-refractivity contribution is 5.78. The lowest BCUT2D eigenvalue weighted by atomic mass is 10.2. The highest BCUT2D eigenvalue weighted by Gasteiger charge is 2.12. The van der Waals surface area contributed by atoms with E-state index in [1.165, 1.54) is 0 Å². The van der Waals surface area contributed by atoms with Crippen molar-refractivity contribution in [1.82, 2.24) is 14.1 Å². The van der Waals surface area contributed by atoms with E-state index in [0.29, 0.717) is 0 Å². The number of pyridine rings is 1. The van der Waals surface area contributed by atoms with Crippen molar-refractivity contribution in [3.8, 4) is 5.69 Å². The number of hydrogen-bond donors (Lipinski definition) is 0. The fourth-order valence-corrected chi connectivity index (χ4v) is 2.55. The van der Waals surface area contributed by atoms with Crippen LogP contribution >= 0.6 is 0 Å². The molecule has 0 atom stereocenters. The number of hydrogen-bond acceptors (Lipinski definition) is 2. The van der Waals surface area contributed by atoms with Gasteiger partial charge < -0.3 is 0 Å². The summed E-state index contributed by atoms with van der Waals surface area (Å²) in [4.78, 5) is 16.9. The molecule has 4 heteroatoms. The number of fused-ring (bicyclic) bond motifs is 1. The molecule has 0 aliphatic heterocycles. The molecule has 0 amide bonds. The topological polar surface area (TPSA) is 39.8 Å². The van der Waals surface area contributed by atoms with Crippen LogP contribution < -0.4 is 5.69 Å². The second-order valence-electron chi connectivity index (χ2n) is 5.03. The standard InChI is InChI=1S/C17H17N3O/c1-4-7-13-10-14(11-18-12(13)2)20-16-9-6-5-8-15(16)19(3)17(20)21/h4-11H,1-3H3/b7-4-. The van der Waals surface area contributed by atoms with E-state index in [-0.39, 0.29) is 5.69 Å². The van der Waals surface area contributed by atoms with Gasteiger partial charge in [-0.25, -0.2) is 4.79 Å². The fourth-order valence-electron chi connectivity index (χ4n) is 2.55. The zero-order chi connectivity index (χ0) is 15.0. The first kappa shape index (κ1) is 13.4. The number of nitrogens with zero attached hydrogens (tertiary/aromatic N) is 3. The van der Waals surface area contributed by atoms with E-state index in [2.05, 4.69) is 4.98 Å². The van der Waals surface area contributed by atoms with Crippen LogP contribution in [0.15, 0.2) is 47.4 Å². The number of aryl methyl sites for hydroxylation is 2. The van der Waals surface area contributed by atoms with Crippen LogP contribution in [0.25, 0.3) is 22.8 Å². The largest absolute Gasteiger partial charge is 0.333 e. The molecule has 1 aromatic carbocycles. The number of aromatic nitrogens is 3. The maximum absolute atomic E-state index is 12.5. The van der Waals surface area contributed by atoms with Crippen molar-refractivity contribution in [2.75, 3.05) is 0 Å². The third-order valence-corrected chi connectivity index (χ3v) is 3.68. The molecule has 106 valence electrons. The Balaban J connectivity index is 2.33. The van der Waals surface area contributed by atoms with Gasteiger partial charge in [0.25, 0.3) is 0 Å². The van der Waals surface area contributed by atoms with Gasteiger partial charge in [-0.3, -0.25) is 14.1 Å². The van der Waals surface area contributed by atoms with Crippen LogP contribution in [0, 0.1) is 6.92 Å². The highest BCUT2D eigenvalue weighted by atomic mass is 16.1. The average Bonchev–Trinajstić information content (AvgIpc) is 2.74. The van der Waals surface area contributed by atoms with Crippen molar-refractivity contribution in [2.45, 2.75) is 13.8 Å². The van der Waals surface area contributed by atoms with E-state index >= 15 is 0 Å². The van der Waals surface area contributed by atoms with E-state index in [0.717, 1.165) is 28.0 Å². The number of imidazole rings is 1. The third-order valence-electron chi connectivity index (χ3n) is 3.68. The van der Waals surface area contributed by atoms with Crippen molar-refractivity contribution < 1.29 is 0 Å². The molecule has 3 rings (SSSR count). The molecule has 0 bridgehead atoms. The summed E-state index contributed by atoms with van der Waals surface area (Å²) in [6, 6.07) is 9.77. The molecule has 0 aliphatic rings. The second kappa shape index (κ2) is 5.05. The van der Waals surface area contributed by atoms with Gasteiger partial charge in [-0.1, -0.05) is 24.3 Å². The van der Waals surface area contributed by atoms with Crippen LogP contribution in [-0.4, -0.2) is 14.1 Å². The zero-order valence-electron chi connectivity index (χ0n) is 12.4. The van der Waals surface area contributed by atoms with E-state index in [1.807, 2.05) is 56.3 Å². The lowest BCUT2D eigenvalue weighted by molar-refractivity contribution is 0.843. The molecule has 2 aromatic heterocycles. The Hall–Kier alpha value is -2.62. The normalized spacial score (nSPS) is 11.6. The van der Waals surface area contributed by atoms with Crippen molar-refractivity contribution in [1.29, 1.82) is 0 Å². The lowest BCUT2D eigenvalue weighted by Crippen LogP contribution is -2.21. The molecule has 0 fully saturated rings. The minimum Gasteiger partial charge on any atom is -0.295 e. The molecule has 0 unspecified atom stereocenters.